The molecule has 30 nitrogen and oxygen atoms in total. The van der Waals surface area contributed by atoms with Gasteiger partial charge in [0.1, 0.15) is 122 Å². The molecule has 0 radical (unpaired) electrons. The molecular weight excluding hydrogens is 1390 g/mol. The second kappa shape index (κ2) is 53.4. The van der Waals surface area contributed by atoms with Gasteiger partial charge in [-0.05, 0) is 44.9 Å². The monoisotopic (exact) mass is 1530 g/mol. The van der Waals surface area contributed by atoms with Crippen molar-refractivity contribution in [3.8, 4) is 0 Å². The van der Waals surface area contributed by atoms with E-state index in [1.807, 2.05) is 6.08 Å². The minimum absolute atomic E-state index is 0.191. The van der Waals surface area contributed by atoms with E-state index >= 15 is 0 Å². The lowest BCUT2D eigenvalue weighted by atomic mass is 9.94. The Labute approximate surface area is 627 Å². The van der Waals surface area contributed by atoms with E-state index in [0.29, 0.717) is 12.8 Å². The number of carbonyl (C=O) groups is 2. The first-order valence-corrected chi connectivity index (χ1v) is 40.1. The Balaban J connectivity index is 1.14. The first-order chi connectivity index (χ1) is 51.2. The summed E-state index contributed by atoms with van der Waals surface area (Å²) < 4.78 is 58.3. The van der Waals surface area contributed by atoms with Gasteiger partial charge in [0.15, 0.2) is 31.5 Å². The van der Waals surface area contributed by atoms with Gasteiger partial charge in [-0.25, -0.2) is 0 Å². The summed E-state index contributed by atoms with van der Waals surface area (Å²) in [6.07, 6.45) is 1.33. The zero-order valence-electron chi connectivity index (χ0n) is 63.2. The van der Waals surface area contributed by atoms with Crippen LogP contribution in [0.15, 0.2) is 24.3 Å². The van der Waals surface area contributed by atoms with Crippen molar-refractivity contribution in [1.82, 2.24) is 10.6 Å². The van der Waals surface area contributed by atoms with Gasteiger partial charge >= 0.3 is 0 Å². The Kier molecular flexibility index (Phi) is 47.3. The fraction of sp³-hybridized carbons (Fsp3) is 0.921. The molecule has 5 saturated heterocycles. The third-order valence-electron chi connectivity index (χ3n) is 20.9. The first-order valence-electron chi connectivity index (χ1n) is 40.1. The van der Waals surface area contributed by atoms with Crippen molar-refractivity contribution in [3.05, 3.63) is 24.3 Å². The topological polar surface area (TPSA) is 474 Å². The highest BCUT2D eigenvalue weighted by Crippen LogP contribution is 2.37. The Hall–Kier alpha value is -2.62. The van der Waals surface area contributed by atoms with Gasteiger partial charge in [0.2, 0.25) is 11.8 Å². The molecule has 0 aromatic heterocycles. The number of carbonyl (C=O) groups excluding carboxylic acids is 2. The van der Waals surface area contributed by atoms with Crippen molar-refractivity contribution in [2.45, 2.75) is 405 Å². The first kappa shape index (κ1) is 94.0. The van der Waals surface area contributed by atoms with Crippen LogP contribution < -0.4 is 10.6 Å². The molecule has 27 atom stereocenters. The van der Waals surface area contributed by atoms with Crippen LogP contribution in [-0.4, -0.2) is 299 Å². The molecule has 0 spiro atoms. The van der Waals surface area contributed by atoms with Crippen LogP contribution in [0.1, 0.15) is 239 Å². The fourth-order valence-electron chi connectivity index (χ4n) is 14.3. The standard InChI is InChI=1S/C76H138N2O28/c1-4-6-8-10-12-14-16-18-19-20-21-22-23-24-25-26-27-29-31-33-35-37-39-41-56(86)78-49(50(85)40-38-36-34-32-30-28-17-15-13-11-9-7-5-2)47-97-73-65(94)62(91)69(54(45-82)101-73)105-76-67(96)71(59(88)52(43-80)99-76)106-72-57(77-48(3)84)60(89)68(53(44-81)100-72)103-75-66(95)63(92)70(55(46-83)102-75)104-74-64(93)61(90)58(87)51(42-79)98-74/h18-19,38,40,49-55,57-76,79-83,85,87-96H,4-17,20-37,39,41-47H2,1-3H3,(H,77,84)(H,78,86)/b19-18-,40-38+/t49-,50+,51?,52?,53?,54?,55?,57?,58-,59-,60+,61-,62+,63+,64?,65?,66?,67?,68+,69+,70-,71-,72-,73+,74-,75-,76-/m0/s1. The molecule has 18 N–H and O–H groups in total. The van der Waals surface area contributed by atoms with Gasteiger partial charge in [-0.3, -0.25) is 9.59 Å². The molecule has 0 bridgehead atoms. The van der Waals surface area contributed by atoms with E-state index in [9.17, 15) is 91.3 Å². The lowest BCUT2D eigenvalue weighted by molar-refractivity contribution is -0.386. The van der Waals surface area contributed by atoms with E-state index in [2.05, 4.69) is 36.6 Å². The highest BCUT2D eigenvalue weighted by atomic mass is 16.8. The Morgan fingerprint density at radius 2 is 0.708 bits per heavy atom. The van der Waals surface area contributed by atoms with Crippen LogP contribution in [0.25, 0.3) is 0 Å². The SMILES string of the molecule is CCCCCCCC/C=C\CCCCCCCCCCCCCCCC(=O)N[C@@H](CO[C@@H]1OC(CO)[C@@H](O[C@@H]2OC(CO)[C@H](O)[C@H](O[C@@H]3OC(CO)[C@@H](O[C@@H]4OC(CO)[C@H](O[C@@H]5OC(CO)[C@H](O)[C@H](O)C5O)[C@H](O)C4O)[C@H](O)C3NC(C)=O)C2O)[C@H](O)C1O)[C@H](O)/C=C/CCCCCCCCCCCCC. The average Bonchev–Trinajstić information content (AvgIpc) is 0.773. The van der Waals surface area contributed by atoms with Gasteiger partial charge in [0.05, 0.1) is 51.8 Å². The molecule has 2 amide bonds. The van der Waals surface area contributed by atoms with Crippen LogP contribution in [0.3, 0.4) is 0 Å². The predicted octanol–water partition coefficient (Wildman–Crippen LogP) is 2.50. The molecule has 5 rings (SSSR count). The predicted molar refractivity (Wildman–Crippen MR) is 386 cm³/mol. The van der Waals surface area contributed by atoms with Crippen LogP contribution in [0.5, 0.6) is 0 Å². The van der Waals surface area contributed by atoms with Crippen LogP contribution >= 0.6 is 0 Å². The number of aliphatic hydroxyl groups is 16. The molecule has 30 heteroatoms. The summed E-state index contributed by atoms with van der Waals surface area (Å²) in [7, 11) is 0. The number of aliphatic hydroxyl groups excluding tert-OH is 16. The zero-order valence-corrected chi connectivity index (χ0v) is 63.2. The van der Waals surface area contributed by atoms with Crippen molar-refractivity contribution in [2.75, 3.05) is 39.6 Å². The molecule has 620 valence electrons. The van der Waals surface area contributed by atoms with E-state index < -0.39 is 211 Å². The van der Waals surface area contributed by atoms with Crippen LogP contribution in [-0.2, 0) is 57.0 Å². The largest absolute Gasteiger partial charge is 0.394 e. The van der Waals surface area contributed by atoms with E-state index in [1.54, 1.807) is 6.08 Å². The summed E-state index contributed by atoms with van der Waals surface area (Å²) in [4.78, 5) is 26.3. The maximum absolute atomic E-state index is 13.5. The van der Waals surface area contributed by atoms with Crippen LogP contribution in [0.2, 0.25) is 0 Å². The molecule has 5 heterocycles. The maximum Gasteiger partial charge on any atom is 0.220 e. The number of unbranched alkanes of at least 4 members (excludes halogenated alkanes) is 30. The summed E-state index contributed by atoms with van der Waals surface area (Å²) in [6, 6.07) is -2.80. The number of hydrogen-bond donors (Lipinski definition) is 18. The van der Waals surface area contributed by atoms with Crippen molar-refractivity contribution < 1.29 is 139 Å². The molecule has 0 aromatic carbocycles. The van der Waals surface area contributed by atoms with Crippen molar-refractivity contribution in [3.63, 3.8) is 0 Å². The summed E-state index contributed by atoms with van der Waals surface area (Å²) >= 11 is 0. The summed E-state index contributed by atoms with van der Waals surface area (Å²) in [5.74, 6) is -1.15. The van der Waals surface area contributed by atoms with Crippen molar-refractivity contribution >= 4 is 11.8 Å². The van der Waals surface area contributed by atoms with Gasteiger partial charge < -0.3 is 140 Å². The van der Waals surface area contributed by atoms with Gasteiger partial charge in [-0.2, -0.15) is 0 Å². The highest BCUT2D eigenvalue weighted by molar-refractivity contribution is 5.76. The van der Waals surface area contributed by atoms with Crippen LogP contribution in [0, 0.1) is 0 Å². The van der Waals surface area contributed by atoms with E-state index in [-0.39, 0.29) is 12.3 Å². The molecule has 0 saturated carbocycles. The smallest absolute Gasteiger partial charge is 0.220 e. The highest BCUT2D eigenvalue weighted by Gasteiger charge is 2.57. The second-order valence-corrected chi connectivity index (χ2v) is 29.6. The minimum atomic E-state index is -2.15. The Morgan fingerprint density at radius 1 is 0.368 bits per heavy atom. The lowest BCUT2D eigenvalue weighted by Crippen LogP contribution is -2.70. The quantitative estimate of drug-likeness (QED) is 0.0307. The third kappa shape index (κ3) is 31.4. The van der Waals surface area contributed by atoms with Crippen molar-refractivity contribution in [2.24, 2.45) is 0 Å². The lowest BCUT2D eigenvalue weighted by Gasteiger charge is -2.50. The van der Waals surface area contributed by atoms with E-state index in [0.717, 1.165) is 58.3 Å². The number of nitrogens with one attached hydrogen (secondary N) is 2. The summed E-state index contributed by atoms with van der Waals surface area (Å²) in [6.45, 7) is 0.395. The zero-order chi connectivity index (χ0) is 77.3. The van der Waals surface area contributed by atoms with Crippen molar-refractivity contribution in [1.29, 1.82) is 0 Å². The van der Waals surface area contributed by atoms with E-state index in [1.165, 1.54) is 148 Å². The fourth-order valence-corrected chi connectivity index (χ4v) is 14.3. The number of ether oxygens (including phenoxy) is 10. The van der Waals surface area contributed by atoms with Gasteiger partial charge in [0, 0.05) is 13.3 Å². The van der Waals surface area contributed by atoms with Gasteiger partial charge in [-0.1, -0.05) is 205 Å². The summed E-state index contributed by atoms with van der Waals surface area (Å²) in [5, 5.41) is 181. The molecule has 106 heavy (non-hydrogen) atoms. The minimum Gasteiger partial charge on any atom is -0.394 e. The average molecular weight is 1530 g/mol. The molecule has 0 aliphatic carbocycles. The third-order valence-corrected chi connectivity index (χ3v) is 20.9. The molecule has 0 aromatic rings. The van der Waals surface area contributed by atoms with Gasteiger partial charge in [0.25, 0.3) is 0 Å². The molecular formula is C76H138N2O28. The number of hydrogen-bond acceptors (Lipinski definition) is 28. The second-order valence-electron chi connectivity index (χ2n) is 29.6. The number of rotatable bonds is 55. The Morgan fingerprint density at radius 3 is 1.14 bits per heavy atom. The van der Waals surface area contributed by atoms with Gasteiger partial charge in [-0.15, -0.1) is 0 Å². The molecule has 10 unspecified atom stereocenters. The maximum atomic E-state index is 13.5. The van der Waals surface area contributed by atoms with Crippen LogP contribution in [0.4, 0.5) is 0 Å². The number of allylic oxidation sites excluding steroid dienone is 3. The normalized spacial score (nSPS) is 34.4. The van der Waals surface area contributed by atoms with E-state index in [4.69, 9.17) is 47.4 Å². The molecule has 5 aliphatic heterocycles. The molecule has 5 fully saturated rings. The Bertz CT molecular complexity index is 2340. The summed E-state index contributed by atoms with van der Waals surface area (Å²) in [5.41, 5.74) is 0. The number of amides is 2. The molecule has 5 aliphatic rings.